The van der Waals surface area contributed by atoms with Gasteiger partial charge in [0, 0.05) is 12.6 Å². The van der Waals surface area contributed by atoms with Gasteiger partial charge in [-0.1, -0.05) is 0 Å². The second-order valence-corrected chi connectivity index (χ2v) is 5.32. The molecule has 0 unspecified atom stereocenters. The fraction of sp³-hybridized carbons (Fsp3) is 0.909. The second-order valence-electron chi connectivity index (χ2n) is 5.32. The summed E-state index contributed by atoms with van der Waals surface area (Å²) in [6.45, 7) is 6.19. The predicted molar refractivity (Wildman–Crippen MR) is 62.1 cm³/mol. The fourth-order valence-electron chi connectivity index (χ4n) is 1.60. The number of hydrogen-bond acceptors (Lipinski definition) is 6. The topological polar surface area (TPSA) is 85.0 Å². The van der Waals surface area contributed by atoms with E-state index < -0.39 is 23.9 Å². The molecule has 0 spiro atoms. The Hall–Kier alpha value is -0.850. The first-order chi connectivity index (χ1) is 7.78. The largest absolute Gasteiger partial charge is 0.528 e. The third kappa shape index (κ3) is 5.34. The molecular formula is C11H22N2O4. The molecule has 0 aromatic carbocycles. The summed E-state index contributed by atoms with van der Waals surface area (Å²) in [6, 6.07) is -0.403. The van der Waals surface area contributed by atoms with Gasteiger partial charge in [0.1, 0.15) is 5.60 Å². The zero-order valence-electron chi connectivity index (χ0n) is 10.7. The Morgan fingerprint density at radius 3 is 2.71 bits per heavy atom. The number of carbonyl (C=O) groups is 1. The molecule has 1 aliphatic heterocycles. The van der Waals surface area contributed by atoms with Crippen molar-refractivity contribution in [2.75, 3.05) is 13.1 Å². The van der Waals surface area contributed by atoms with Crippen LogP contribution in [0.3, 0.4) is 0 Å². The molecule has 0 aliphatic carbocycles. The molecule has 1 fully saturated rings. The zero-order valence-corrected chi connectivity index (χ0v) is 10.7. The van der Waals surface area contributed by atoms with Gasteiger partial charge < -0.3 is 20.4 Å². The van der Waals surface area contributed by atoms with Crippen LogP contribution in [0.25, 0.3) is 0 Å². The summed E-state index contributed by atoms with van der Waals surface area (Å²) >= 11 is 0. The highest BCUT2D eigenvalue weighted by molar-refractivity contribution is 5.60. The van der Waals surface area contributed by atoms with Crippen LogP contribution in [0.15, 0.2) is 0 Å². The van der Waals surface area contributed by atoms with Gasteiger partial charge in [0.25, 0.3) is 0 Å². The summed E-state index contributed by atoms with van der Waals surface area (Å²) in [7, 11) is 0. The Morgan fingerprint density at radius 2 is 2.12 bits per heavy atom. The summed E-state index contributed by atoms with van der Waals surface area (Å²) in [5.41, 5.74) is 5.17. The quantitative estimate of drug-likeness (QED) is 0.660. The molecule has 0 aromatic heterocycles. The van der Waals surface area contributed by atoms with Crippen LogP contribution in [0.4, 0.5) is 4.79 Å². The molecule has 0 saturated carbocycles. The standard InChI is InChI=1S/C11H22N2O4/c1-11(2,3)16-10(15)17-13-6-4-5-9(14)8(12)7-13/h8-9,14H,4-7,12H2,1-3H3/t8-,9+/m1/s1. The highest BCUT2D eigenvalue weighted by Gasteiger charge is 2.26. The van der Waals surface area contributed by atoms with Crippen LogP contribution in [-0.2, 0) is 9.57 Å². The van der Waals surface area contributed by atoms with E-state index in [9.17, 15) is 9.90 Å². The van der Waals surface area contributed by atoms with E-state index in [-0.39, 0.29) is 0 Å². The van der Waals surface area contributed by atoms with Crippen molar-refractivity contribution in [1.82, 2.24) is 5.06 Å². The van der Waals surface area contributed by atoms with Gasteiger partial charge in [0.2, 0.25) is 0 Å². The Labute approximate surface area is 102 Å². The Kier molecular flexibility index (Phi) is 4.73. The molecule has 3 N–H and O–H groups in total. The van der Waals surface area contributed by atoms with Crippen molar-refractivity contribution >= 4 is 6.16 Å². The Bertz CT molecular complexity index is 265. The van der Waals surface area contributed by atoms with Gasteiger partial charge >= 0.3 is 6.16 Å². The minimum Gasteiger partial charge on any atom is -0.427 e. The van der Waals surface area contributed by atoms with Gasteiger partial charge in [-0.05, 0) is 33.6 Å². The van der Waals surface area contributed by atoms with Crippen LogP contribution < -0.4 is 5.73 Å². The molecule has 0 bridgehead atoms. The lowest BCUT2D eigenvalue weighted by Gasteiger charge is -2.24. The van der Waals surface area contributed by atoms with Gasteiger partial charge in [0.05, 0.1) is 12.6 Å². The first-order valence-corrected chi connectivity index (χ1v) is 5.87. The summed E-state index contributed by atoms with van der Waals surface area (Å²) in [5.74, 6) is 0. The zero-order chi connectivity index (χ0) is 13.1. The molecule has 1 saturated heterocycles. The Balaban J connectivity index is 2.43. The smallest absolute Gasteiger partial charge is 0.427 e. The van der Waals surface area contributed by atoms with E-state index in [2.05, 4.69) is 0 Å². The van der Waals surface area contributed by atoms with E-state index in [0.29, 0.717) is 19.5 Å². The van der Waals surface area contributed by atoms with Crippen molar-refractivity contribution in [3.8, 4) is 0 Å². The van der Waals surface area contributed by atoms with Gasteiger partial charge in [-0.2, -0.15) is 0 Å². The first kappa shape index (κ1) is 14.2. The molecule has 1 rings (SSSR count). The van der Waals surface area contributed by atoms with Crippen LogP contribution in [0.5, 0.6) is 0 Å². The van der Waals surface area contributed by atoms with E-state index in [1.165, 1.54) is 5.06 Å². The third-order valence-electron chi connectivity index (χ3n) is 2.41. The normalized spacial score (nSPS) is 27.4. The molecule has 0 aromatic rings. The number of aliphatic hydroxyl groups excluding tert-OH is 1. The predicted octanol–water partition coefficient (Wildman–Crippen LogP) is 0.637. The SMILES string of the molecule is CC(C)(C)OC(=O)ON1CCC[C@H](O)[C@H](N)C1. The average Bonchev–Trinajstić information content (AvgIpc) is 2.26. The highest BCUT2D eigenvalue weighted by Crippen LogP contribution is 2.13. The molecule has 17 heavy (non-hydrogen) atoms. The number of nitrogens with zero attached hydrogens (tertiary/aromatic N) is 1. The van der Waals surface area contributed by atoms with Crippen molar-refractivity contribution in [3.05, 3.63) is 0 Å². The van der Waals surface area contributed by atoms with Crippen molar-refractivity contribution in [1.29, 1.82) is 0 Å². The lowest BCUT2D eigenvalue weighted by Crippen LogP contribution is -2.43. The van der Waals surface area contributed by atoms with Gasteiger partial charge in [-0.15, -0.1) is 5.06 Å². The van der Waals surface area contributed by atoms with Crippen molar-refractivity contribution in [2.45, 2.75) is 51.4 Å². The summed E-state index contributed by atoms with van der Waals surface area (Å²) in [4.78, 5) is 16.5. The molecule has 0 amide bonds. The number of nitrogens with two attached hydrogens (primary N) is 1. The first-order valence-electron chi connectivity index (χ1n) is 5.87. The van der Waals surface area contributed by atoms with Gasteiger partial charge in [0.15, 0.2) is 0 Å². The van der Waals surface area contributed by atoms with E-state index in [4.69, 9.17) is 15.3 Å². The summed E-state index contributed by atoms with van der Waals surface area (Å²) in [5, 5.41) is 11.0. The second kappa shape index (κ2) is 5.66. The van der Waals surface area contributed by atoms with Crippen molar-refractivity contribution in [2.24, 2.45) is 5.73 Å². The van der Waals surface area contributed by atoms with E-state index in [1.54, 1.807) is 20.8 Å². The van der Waals surface area contributed by atoms with E-state index in [0.717, 1.165) is 6.42 Å². The lowest BCUT2D eigenvalue weighted by atomic mass is 10.1. The molecule has 6 heteroatoms. The van der Waals surface area contributed by atoms with Crippen LogP contribution in [0.1, 0.15) is 33.6 Å². The number of rotatable bonds is 1. The van der Waals surface area contributed by atoms with Crippen LogP contribution >= 0.6 is 0 Å². The van der Waals surface area contributed by atoms with E-state index in [1.807, 2.05) is 0 Å². The molecule has 1 heterocycles. The average molecular weight is 246 g/mol. The minimum absolute atomic E-state index is 0.320. The van der Waals surface area contributed by atoms with Crippen LogP contribution in [0, 0.1) is 0 Å². The number of hydrogen-bond donors (Lipinski definition) is 2. The van der Waals surface area contributed by atoms with Crippen LogP contribution in [0.2, 0.25) is 0 Å². The maximum absolute atomic E-state index is 11.4. The molecule has 0 radical (unpaired) electrons. The van der Waals surface area contributed by atoms with Crippen molar-refractivity contribution in [3.63, 3.8) is 0 Å². The number of carbonyl (C=O) groups excluding carboxylic acids is 1. The molecule has 100 valence electrons. The number of hydroxylamine groups is 2. The minimum atomic E-state index is -0.735. The maximum Gasteiger partial charge on any atom is 0.528 e. The van der Waals surface area contributed by atoms with Gasteiger partial charge in [-0.25, -0.2) is 4.79 Å². The molecular weight excluding hydrogens is 224 g/mol. The van der Waals surface area contributed by atoms with Gasteiger partial charge in [-0.3, -0.25) is 0 Å². The van der Waals surface area contributed by atoms with Crippen molar-refractivity contribution < 1.29 is 19.5 Å². The summed E-state index contributed by atoms with van der Waals surface area (Å²) in [6.07, 6.45) is 0.0795. The number of aliphatic hydroxyl groups is 1. The monoisotopic (exact) mass is 246 g/mol. The molecule has 1 aliphatic rings. The lowest BCUT2D eigenvalue weighted by molar-refractivity contribution is -0.143. The highest BCUT2D eigenvalue weighted by atomic mass is 16.8. The van der Waals surface area contributed by atoms with E-state index >= 15 is 0 Å². The number of ether oxygens (including phenoxy) is 1. The fourth-order valence-corrected chi connectivity index (χ4v) is 1.60. The Morgan fingerprint density at radius 1 is 1.47 bits per heavy atom. The molecule has 2 atom stereocenters. The third-order valence-corrected chi connectivity index (χ3v) is 2.41. The van der Waals surface area contributed by atoms with Crippen LogP contribution in [-0.4, -0.2) is 47.2 Å². The maximum atomic E-state index is 11.4. The summed E-state index contributed by atoms with van der Waals surface area (Å²) < 4.78 is 5.04. The molecule has 6 nitrogen and oxygen atoms in total.